The van der Waals surface area contributed by atoms with Crippen LogP contribution in [0.1, 0.15) is 22.9 Å². The highest BCUT2D eigenvalue weighted by molar-refractivity contribution is 6.17. The van der Waals surface area contributed by atoms with Crippen molar-refractivity contribution < 1.29 is 4.42 Å². The second-order valence-corrected chi connectivity index (χ2v) is 12.6. The molecule has 5 heteroatoms. The van der Waals surface area contributed by atoms with Crippen LogP contribution in [-0.2, 0) is 0 Å². The van der Waals surface area contributed by atoms with E-state index in [4.69, 9.17) is 14.4 Å². The van der Waals surface area contributed by atoms with E-state index in [1.807, 2.05) is 36.7 Å². The number of nitrogens with zero attached hydrogens (tertiary/aromatic N) is 3. The van der Waals surface area contributed by atoms with Crippen molar-refractivity contribution in [2.75, 3.05) is 0 Å². The first-order valence-electron chi connectivity index (χ1n) is 16.4. The van der Waals surface area contributed by atoms with E-state index in [1.54, 1.807) is 0 Å². The van der Waals surface area contributed by atoms with Crippen LogP contribution in [0.15, 0.2) is 172 Å². The molecule has 0 fully saturated rings. The van der Waals surface area contributed by atoms with Crippen molar-refractivity contribution in [1.82, 2.24) is 10.3 Å². The number of amidine groups is 2. The number of aliphatic imine (C=N–C) groups is 2. The number of pyridine rings is 1. The minimum absolute atomic E-state index is 0.533. The van der Waals surface area contributed by atoms with Gasteiger partial charge in [0.25, 0.3) is 0 Å². The first-order valence-corrected chi connectivity index (χ1v) is 16.4. The van der Waals surface area contributed by atoms with Gasteiger partial charge in [-0.15, -0.1) is 0 Å². The summed E-state index contributed by atoms with van der Waals surface area (Å²) in [6.07, 6.45) is 3.18. The molecule has 0 aliphatic carbocycles. The molecule has 0 spiro atoms. The molecule has 1 aliphatic heterocycles. The lowest BCUT2D eigenvalue weighted by Gasteiger charge is -2.23. The van der Waals surface area contributed by atoms with Crippen LogP contribution in [0, 0.1) is 0 Å². The maximum Gasteiger partial charge on any atom is 0.170 e. The van der Waals surface area contributed by atoms with Crippen LogP contribution in [0.3, 0.4) is 0 Å². The molecule has 0 amide bonds. The van der Waals surface area contributed by atoms with E-state index in [0.29, 0.717) is 0 Å². The van der Waals surface area contributed by atoms with Crippen molar-refractivity contribution in [2.45, 2.75) is 6.17 Å². The number of hydrogen-bond acceptors (Lipinski definition) is 5. The second-order valence-electron chi connectivity index (χ2n) is 12.6. The molecule has 0 saturated carbocycles. The van der Waals surface area contributed by atoms with Gasteiger partial charge in [-0.05, 0) is 80.5 Å². The highest BCUT2D eigenvalue weighted by Gasteiger charge is 2.25. The third-order valence-corrected chi connectivity index (χ3v) is 9.53. The van der Waals surface area contributed by atoms with Gasteiger partial charge >= 0.3 is 0 Å². The Morgan fingerprint density at radius 2 is 1.12 bits per heavy atom. The van der Waals surface area contributed by atoms with Gasteiger partial charge in [0.1, 0.15) is 22.8 Å². The molecule has 1 atom stereocenters. The van der Waals surface area contributed by atoms with E-state index >= 15 is 0 Å². The van der Waals surface area contributed by atoms with E-state index in [9.17, 15) is 0 Å². The number of fused-ring (bicyclic) bond motifs is 6. The van der Waals surface area contributed by atoms with Crippen molar-refractivity contribution in [2.24, 2.45) is 9.98 Å². The topological polar surface area (TPSA) is 62.8 Å². The lowest BCUT2D eigenvalue weighted by Crippen LogP contribution is -2.36. The molecule has 0 radical (unpaired) electrons. The molecule has 7 aromatic carbocycles. The van der Waals surface area contributed by atoms with Gasteiger partial charge in [-0.2, -0.15) is 0 Å². The van der Waals surface area contributed by atoms with Crippen molar-refractivity contribution in [3.63, 3.8) is 0 Å². The number of nitrogens with one attached hydrogen (secondary N) is 1. The minimum atomic E-state index is -0.533. The summed E-state index contributed by atoms with van der Waals surface area (Å²) in [6, 6.07) is 51.0. The highest BCUT2D eigenvalue weighted by Crippen LogP contribution is 2.41. The molecule has 230 valence electrons. The summed E-state index contributed by atoms with van der Waals surface area (Å²) in [6.45, 7) is 0. The predicted molar refractivity (Wildman–Crippen MR) is 201 cm³/mol. The molecule has 10 rings (SSSR count). The molecule has 9 aromatic rings. The van der Waals surface area contributed by atoms with Crippen LogP contribution < -0.4 is 5.32 Å². The summed E-state index contributed by atoms with van der Waals surface area (Å²) in [5.74, 6) is 1.55. The Morgan fingerprint density at radius 1 is 0.469 bits per heavy atom. The largest absolute Gasteiger partial charge is 0.456 e. The van der Waals surface area contributed by atoms with E-state index in [-0.39, 0.29) is 0 Å². The zero-order chi connectivity index (χ0) is 32.3. The standard InChI is InChI=1S/C44H28N4O/c1-2-10-29(11-3-1)42-46-43(34-17-15-28-9-5-7-13-31(28)21-34)48-44(47-42)38-23-35(32-16-14-27-8-4-6-12-30(27)20-32)24-40-41(38)37-22-33-18-19-45-26-36(33)25-39(37)49-40/h1-26,44H,(H,46,47,48). The summed E-state index contributed by atoms with van der Waals surface area (Å²) in [5.41, 5.74) is 6.76. The fourth-order valence-electron chi connectivity index (χ4n) is 7.07. The van der Waals surface area contributed by atoms with Crippen molar-refractivity contribution in [1.29, 1.82) is 0 Å². The monoisotopic (exact) mass is 628 g/mol. The normalized spacial score (nSPS) is 14.7. The van der Waals surface area contributed by atoms with Crippen LogP contribution in [-0.4, -0.2) is 16.7 Å². The smallest absolute Gasteiger partial charge is 0.170 e. The molecule has 2 aromatic heterocycles. The van der Waals surface area contributed by atoms with Crippen molar-refractivity contribution >= 4 is 65.9 Å². The SMILES string of the molecule is c1ccc(C2=NC(c3cc(-c4ccc5ccccc5c4)cc4oc5cc6cnccc6cc5c34)N=C(c3ccc4ccccc4c3)N2)cc1. The van der Waals surface area contributed by atoms with Gasteiger partial charge in [0, 0.05) is 45.2 Å². The van der Waals surface area contributed by atoms with Gasteiger partial charge < -0.3 is 9.73 Å². The van der Waals surface area contributed by atoms with Gasteiger partial charge in [0.15, 0.2) is 6.17 Å². The van der Waals surface area contributed by atoms with Crippen LogP contribution in [0.25, 0.3) is 65.4 Å². The summed E-state index contributed by atoms with van der Waals surface area (Å²) in [7, 11) is 0. The van der Waals surface area contributed by atoms with E-state index < -0.39 is 6.17 Å². The second kappa shape index (κ2) is 11.0. The highest BCUT2D eigenvalue weighted by atomic mass is 16.3. The number of rotatable bonds is 4. The molecule has 0 saturated heterocycles. The van der Waals surface area contributed by atoms with Gasteiger partial charge in [0.2, 0.25) is 0 Å². The van der Waals surface area contributed by atoms with Gasteiger partial charge in [0.05, 0.1) is 0 Å². The lowest BCUT2D eigenvalue weighted by atomic mass is 9.95. The summed E-state index contributed by atoms with van der Waals surface area (Å²) in [5, 5.41) is 12.5. The zero-order valence-corrected chi connectivity index (χ0v) is 26.3. The molecule has 1 N–H and O–H groups in total. The third kappa shape index (κ3) is 4.75. The molecule has 1 aliphatic rings. The average Bonchev–Trinajstić information content (AvgIpc) is 3.53. The molecule has 0 bridgehead atoms. The van der Waals surface area contributed by atoms with E-state index in [1.165, 1.54) is 16.2 Å². The van der Waals surface area contributed by atoms with Crippen molar-refractivity contribution in [3.8, 4) is 11.1 Å². The summed E-state index contributed by atoms with van der Waals surface area (Å²) >= 11 is 0. The Kier molecular flexibility index (Phi) is 6.18. The first kappa shape index (κ1) is 27.5. The Bertz CT molecular complexity index is 2810. The number of hydrogen-bond donors (Lipinski definition) is 1. The summed E-state index contributed by atoms with van der Waals surface area (Å²) < 4.78 is 6.67. The minimum Gasteiger partial charge on any atom is -0.456 e. The quantitative estimate of drug-likeness (QED) is 0.211. The van der Waals surface area contributed by atoms with Gasteiger partial charge in [-0.3, -0.25) is 4.98 Å². The number of furan rings is 1. The van der Waals surface area contributed by atoms with E-state index in [2.05, 4.69) is 132 Å². The lowest BCUT2D eigenvalue weighted by molar-refractivity contribution is 0.668. The molecular formula is C44H28N4O. The van der Waals surface area contributed by atoms with Crippen LogP contribution in [0.4, 0.5) is 0 Å². The maximum absolute atomic E-state index is 6.67. The Morgan fingerprint density at radius 3 is 1.90 bits per heavy atom. The van der Waals surface area contributed by atoms with Gasteiger partial charge in [-0.25, -0.2) is 9.98 Å². The van der Waals surface area contributed by atoms with E-state index in [0.717, 1.165) is 77.6 Å². The molecule has 1 unspecified atom stereocenters. The fourth-order valence-corrected chi connectivity index (χ4v) is 7.07. The average molecular weight is 629 g/mol. The first-order chi connectivity index (χ1) is 24.2. The van der Waals surface area contributed by atoms with Gasteiger partial charge in [-0.1, -0.05) is 103 Å². The Balaban J connectivity index is 1.24. The fraction of sp³-hybridized carbons (Fsp3) is 0.0227. The third-order valence-electron chi connectivity index (χ3n) is 9.53. The molecule has 49 heavy (non-hydrogen) atoms. The summed E-state index contributed by atoms with van der Waals surface area (Å²) in [4.78, 5) is 15.0. The molecular weight excluding hydrogens is 601 g/mol. The Hall–Kier alpha value is -6.59. The zero-order valence-electron chi connectivity index (χ0n) is 26.3. The molecule has 5 nitrogen and oxygen atoms in total. The molecule has 3 heterocycles. The van der Waals surface area contributed by atoms with Crippen LogP contribution >= 0.6 is 0 Å². The van der Waals surface area contributed by atoms with Crippen LogP contribution in [0.5, 0.6) is 0 Å². The Labute approximate surface area is 281 Å². The van der Waals surface area contributed by atoms with Crippen LogP contribution in [0.2, 0.25) is 0 Å². The van der Waals surface area contributed by atoms with Crippen molar-refractivity contribution in [3.05, 3.63) is 175 Å². The number of benzene rings is 7. The number of aromatic nitrogens is 1. The maximum atomic E-state index is 6.67. The predicted octanol–water partition coefficient (Wildman–Crippen LogP) is 10.6.